The molecule has 2 nitrogen and oxygen atoms in total. The van der Waals surface area contributed by atoms with E-state index in [4.69, 9.17) is 10.2 Å². The molecule has 0 radical (unpaired) electrons. The molecular formula is C11H13NO. The molecule has 2 aromatic rings. The van der Waals surface area contributed by atoms with Gasteiger partial charge in [-0.3, -0.25) is 0 Å². The Morgan fingerprint density at radius 3 is 3.00 bits per heavy atom. The molecule has 0 amide bonds. The Morgan fingerprint density at radius 2 is 2.23 bits per heavy atom. The van der Waals surface area contributed by atoms with E-state index in [-0.39, 0.29) is 0 Å². The monoisotopic (exact) mass is 175 g/mol. The van der Waals surface area contributed by atoms with Crippen LogP contribution in [0.1, 0.15) is 11.1 Å². The van der Waals surface area contributed by atoms with Crippen molar-refractivity contribution < 1.29 is 4.42 Å². The molecule has 0 saturated heterocycles. The minimum Gasteiger partial charge on any atom is -0.464 e. The van der Waals surface area contributed by atoms with Crippen LogP contribution in [0.15, 0.2) is 28.9 Å². The van der Waals surface area contributed by atoms with Crippen LogP contribution in [0.25, 0.3) is 11.0 Å². The lowest BCUT2D eigenvalue weighted by atomic mass is 10.1. The molecule has 1 aromatic carbocycles. The lowest BCUT2D eigenvalue weighted by Crippen LogP contribution is -2.02. The van der Waals surface area contributed by atoms with Crippen LogP contribution in [-0.4, -0.2) is 6.54 Å². The predicted molar refractivity (Wildman–Crippen MR) is 53.7 cm³/mol. The number of furan rings is 1. The van der Waals surface area contributed by atoms with Gasteiger partial charge in [-0.15, -0.1) is 0 Å². The molecule has 0 saturated carbocycles. The second-order valence-electron chi connectivity index (χ2n) is 3.30. The van der Waals surface area contributed by atoms with Crippen LogP contribution >= 0.6 is 0 Å². The fourth-order valence-corrected chi connectivity index (χ4v) is 1.66. The maximum Gasteiger partial charge on any atom is 0.137 e. The molecule has 0 aliphatic rings. The molecular weight excluding hydrogens is 162 g/mol. The van der Waals surface area contributed by atoms with Gasteiger partial charge in [0.05, 0.1) is 6.26 Å². The Hall–Kier alpha value is -1.28. The average molecular weight is 175 g/mol. The minimum atomic E-state index is 0.666. The summed E-state index contributed by atoms with van der Waals surface area (Å²) in [6.45, 7) is 2.76. The van der Waals surface area contributed by atoms with Crippen LogP contribution in [0, 0.1) is 6.92 Å². The highest BCUT2D eigenvalue weighted by atomic mass is 16.3. The summed E-state index contributed by atoms with van der Waals surface area (Å²) in [7, 11) is 0. The quantitative estimate of drug-likeness (QED) is 0.760. The zero-order valence-corrected chi connectivity index (χ0v) is 7.71. The Labute approximate surface area is 77.3 Å². The van der Waals surface area contributed by atoms with Gasteiger partial charge in [0.1, 0.15) is 5.58 Å². The second-order valence-corrected chi connectivity index (χ2v) is 3.30. The fourth-order valence-electron chi connectivity index (χ4n) is 1.66. The number of rotatable bonds is 2. The van der Waals surface area contributed by atoms with Crippen molar-refractivity contribution in [2.45, 2.75) is 13.3 Å². The summed E-state index contributed by atoms with van der Waals surface area (Å²) in [5, 5.41) is 1.17. The van der Waals surface area contributed by atoms with Gasteiger partial charge < -0.3 is 10.2 Å². The highest BCUT2D eigenvalue weighted by molar-refractivity contribution is 5.81. The summed E-state index contributed by atoms with van der Waals surface area (Å²) < 4.78 is 5.40. The van der Waals surface area contributed by atoms with Crippen molar-refractivity contribution in [3.63, 3.8) is 0 Å². The van der Waals surface area contributed by atoms with E-state index in [9.17, 15) is 0 Å². The Bertz CT molecular complexity index is 417. The summed E-state index contributed by atoms with van der Waals surface area (Å²) >= 11 is 0. The maximum absolute atomic E-state index is 5.53. The molecule has 2 rings (SSSR count). The smallest absolute Gasteiger partial charge is 0.137 e. The summed E-state index contributed by atoms with van der Waals surface area (Å²) in [5.41, 5.74) is 8.98. The third kappa shape index (κ3) is 1.45. The first kappa shape index (κ1) is 8.32. The van der Waals surface area contributed by atoms with Crippen molar-refractivity contribution in [3.8, 4) is 0 Å². The van der Waals surface area contributed by atoms with Gasteiger partial charge in [-0.1, -0.05) is 6.07 Å². The summed E-state index contributed by atoms with van der Waals surface area (Å²) in [4.78, 5) is 0. The number of benzene rings is 1. The van der Waals surface area contributed by atoms with E-state index in [2.05, 4.69) is 19.1 Å². The number of aryl methyl sites for hydroxylation is 1. The fraction of sp³-hybridized carbons (Fsp3) is 0.273. The SMILES string of the molecule is Cc1cc(CCN)c2occc2c1. The van der Waals surface area contributed by atoms with Crippen LogP contribution < -0.4 is 5.73 Å². The first-order chi connectivity index (χ1) is 6.31. The van der Waals surface area contributed by atoms with E-state index >= 15 is 0 Å². The molecule has 13 heavy (non-hydrogen) atoms. The number of hydrogen-bond donors (Lipinski definition) is 1. The minimum absolute atomic E-state index is 0.666. The molecule has 0 unspecified atom stereocenters. The predicted octanol–water partition coefficient (Wildman–Crippen LogP) is 2.24. The third-order valence-corrected chi connectivity index (χ3v) is 2.19. The lowest BCUT2D eigenvalue weighted by molar-refractivity contribution is 0.610. The van der Waals surface area contributed by atoms with Crippen LogP contribution in [-0.2, 0) is 6.42 Å². The van der Waals surface area contributed by atoms with Crippen molar-refractivity contribution in [3.05, 3.63) is 35.6 Å². The van der Waals surface area contributed by atoms with E-state index in [1.54, 1.807) is 6.26 Å². The summed E-state index contributed by atoms with van der Waals surface area (Å²) in [5.74, 6) is 0. The van der Waals surface area contributed by atoms with Crippen molar-refractivity contribution in [1.29, 1.82) is 0 Å². The number of hydrogen-bond acceptors (Lipinski definition) is 2. The van der Waals surface area contributed by atoms with E-state index in [0.717, 1.165) is 12.0 Å². The first-order valence-corrected chi connectivity index (χ1v) is 4.48. The Balaban J connectivity index is 2.63. The van der Waals surface area contributed by atoms with Crippen LogP contribution in [0.3, 0.4) is 0 Å². The normalized spacial score (nSPS) is 10.9. The van der Waals surface area contributed by atoms with Gasteiger partial charge in [0.2, 0.25) is 0 Å². The summed E-state index contributed by atoms with van der Waals surface area (Å²) in [6, 6.07) is 6.25. The molecule has 0 fully saturated rings. The molecule has 0 aliphatic heterocycles. The van der Waals surface area contributed by atoms with Crippen molar-refractivity contribution >= 4 is 11.0 Å². The highest BCUT2D eigenvalue weighted by Gasteiger charge is 2.04. The van der Waals surface area contributed by atoms with Crippen LogP contribution in [0.2, 0.25) is 0 Å². The van der Waals surface area contributed by atoms with Crippen LogP contribution in [0.5, 0.6) is 0 Å². The first-order valence-electron chi connectivity index (χ1n) is 4.48. The van der Waals surface area contributed by atoms with Crippen molar-refractivity contribution in [2.75, 3.05) is 6.54 Å². The second kappa shape index (κ2) is 3.23. The Kier molecular flexibility index (Phi) is 2.07. The average Bonchev–Trinajstić information content (AvgIpc) is 2.52. The van der Waals surface area contributed by atoms with Crippen LogP contribution in [0.4, 0.5) is 0 Å². The molecule has 0 spiro atoms. The van der Waals surface area contributed by atoms with Gasteiger partial charge in [-0.2, -0.15) is 0 Å². The molecule has 0 aliphatic carbocycles. The van der Waals surface area contributed by atoms with Gasteiger partial charge in [0.15, 0.2) is 0 Å². The zero-order chi connectivity index (χ0) is 9.26. The molecule has 0 atom stereocenters. The maximum atomic E-state index is 5.53. The van der Waals surface area contributed by atoms with Gasteiger partial charge in [0.25, 0.3) is 0 Å². The third-order valence-electron chi connectivity index (χ3n) is 2.19. The molecule has 1 heterocycles. The van der Waals surface area contributed by atoms with E-state index in [1.165, 1.54) is 16.5 Å². The number of nitrogens with two attached hydrogens (primary N) is 1. The molecule has 2 N–H and O–H groups in total. The van der Waals surface area contributed by atoms with Gasteiger partial charge in [0, 0.05) is 5.39 Å². The van der Waals surface area contributed by atoms with Gasteiger partial charge in [-0.05, 0) is 43.1 Å². The van der Waals surface area contributed by atoms with E-state index < -0.39 is 0 Å². The van der Waals surface area contributed by atoms with Crippen molar-refractivity contribution in [1.82, 2.24) is 0 Å². The Morgan fingerprint density at radius 1 is 1.38 bits per heavy atom. The number of fused-ring (bicyclic) bond motifs is 1. The highest BCUT2D eigenvalue weighted by Crippen LogP contribution is 2.22. The summed E-state index contributed by atoms with van der Waals surface area (Å²) in [6.07, 6.45) is 2.61. The van der Waals surface area contributed by atoms with Gasteiger partial charge in [-0.25, -0.2) is 0 Å². The standard InChI is InChI=1S/C11H13NO/c1-8-6-9(2-4-12)11-10(7-8)3-5-13-11/h3,5-7H,2,4,12H2,1H3. The topological polar surface area (TPSA) is 39.2 Å². The van der Waals surface area contributed by atoms with Gasteiger partial charge >= 0.3 is 0 Å². The molecule has 1 aromatic heterocycles. The zero-order valence-electron chi connectivity index (χ0n) is 7.71. The lowest BCUT2D eigenvalue weighted by Gasteiger charge is -2.01. The van der Waals surface area contributed by atoms with E-state index in [1.807, 2.05) is 6.07 Å². The molecule has 2 heteroatoms. The largest absolute Gasteiger partial charge is 0.464 e. The van der Waals surface area contributed by atoms with E-state index in [0.29, 0.717) is 6.54 Å². The molecule has 0 bridgehead atoms. The molecule has 68 valence electrons. The van der Waals surface area contributed by atoms with Crippen molar-refractivity contribution in [2.24, 2.45) is 5.73 Å².